The van der Waals surface area contributed by atoms with Crippen LogP contribution in [0.15, 0.2) is 48.5 Å². The van der Waals surface area contributed by atoms with Crippen molar-refractivity contribution in [3.8, 4) is 11.5 Å². The van der Waals surface area contributed by atoms with E-state index in [1.54, 1.807) is 7.11 Å². The number of rotatable bonds is 5. The van der Waals surface area contributed by atoms with Crippen LogP contribution >= 0.6 is 0 Å². The number of carbonyl (C=O) groups excluding carboxylic acids is 1. The van der Waals surface area contributed by atoms with Crippen molar-refractivity contribution in [1.29, 1.82) is 0 Å². The highest BCUT2D eigenvalue weighted by molar-refractivity contribution is 5.81. The van der Waals surface area contributed by atoms with Crippen LogP contribution in [0.25, 0.3) is 0 Å². The van der Waals surface area contributed by atoms with E-state index < -0.39 is 6.10 Å². The predicted molar refractivity (Wildman–Crippen MR) is 98.0 cm³/mol. The van der Waals surface area contributed by atoms with Gasteiger partial charge in [-0.2, -0.15) is 0 Å². The average Bonchev–Trinajstić information content (AvgIpc) is 3.10. The second-order valence-electron chi connectivity index (χ2n) is 6.54. The maximum absolute atomic E-state index is 12.9. The van der Waals surface area contributed by atoms with E-state index >= 15 is 0 Å². The first-order valence-corrected chi connectivity index (χ1v) is 8.76. The van der Waals surface area contributed by atoms with Gasteiger partial charge >= 0.3 is 0 Å². The van der Waals surface area contributed by atoms with Crippen LogP contribution in [0.4, 0.5) is 0 Å². The van der Waals surface area contributed by atoms with Gasteiger partial charge in [0.05, 0.1) is 13.2 Å². The second-order valence-corrected chi connectivity index (χ2v) is 6.54. The highest BCUT2D eigenvalue weighted by Crippen LogP contribution is 2.34. The van der Waals surface area contributed by atoms with Crippen LogP contribution in [-0.4, -0.2) is 30.6 Å². The maximum atomic E-state index is 12.9. The summed E-state index contributed by atoms with van der Waals surface area (Å²) in [5, 5.41) is 0. The zero-order valence-electron chi connectivity index (χ0n) is 15.1. The molecule has 1 aliphatic rings. The first kappa shape index (κ1) is 17.3. The molecule has 0 aromatic heterocycles. The number of benzene rings is 2. The molecule has 0 N–H and O–H groups in total. The topological polar surface area (TPSA) is 38.8 Å². The van der Waals surface area contributed by atoms with E-state index in [1.807, 2.05) is 61.2 Å². The third-order valence-corrected chi connectivity index (χ3v) is 4.66. The van der Waals surface area contributed by atoms with Crippen molar-refractivity contribution in [3.63, 3.8) is 0 Å². The minimum Gasteiger partial charge on any atom is -0.497 e. The maximum Gasteiger partial charge on any atom is 0.263 e. The van der Waals surface area contributed by atoms with E-state index in [0.29, 0.717) is 0 Å². The van der Waals surface area contributed by atoms with E-state index in [4.69, 9.17) is 9.47 Å². The number of aryl methyl sites for hydroxylation is 1. The van der Waals surface area contributed by atoms with Gasteiger partial charge in [-0.15, -0.1) is 0 Å². The Morgan fingerprint density at radius 2 is 1.92 bits per heavy atom. The van der Waals surface area contributed by atoms with Gasteiger partial charge in [-0.3, -0.25) is 4.79 Å². The second kappa shape index (κ2) is 7.60. The Morgan fingerprint density at radius 1 is 1.16 bits per heavy atom. The molecule has 1 aliphatic heterocycles. The number of ether oxygens (including phenoxy) is 2. The van der Waals surface area contributed by atoms with Crippen molar-refractivity contribution in [1.82, 2.24) is 4.90 Å². The zero-order chi connectivity index (χ0) is 17.8. The Balaban J connectivity index is 1.73. The lowest BCUT2D eigenvalue weighted by atomic mass is 10.0. The number of hydrogen-bond donors (Lipinski definition) is 0. The van der Waals surface area contributed by atoms with Crippen molar-refractivity contribution in [2.45, 2.75) is 38.8 Å². The third kappa shape index (κ3) is 3.95. The molecule has 1 saturated heterocycles. The van der Waals surface area contributed by atoms with E-state index in [0.717, 1.165) is 42.0 Å². The fraction of sp³-hybridized carbons (Fsp3) is 0.381. The van der Waals surface area contributed by atoms with Gasteiger partial charge in [0.25, 0.3) is 5.91 Å². The molecule has 25 heavy (non-hydrogen) atoms. The molecular formula is C21H25NO3. The monoisotopic (exact) mass is 339 g/mol. The Kier molecular flexibility index (Phi) is 5.27. The van der Waals surface area contributed by atoms with Gasteiger partial charge in [-0.05, 0) is 62.1 Å². The Labute approximate surface area is 149 Å². The fourth-order valence-corrected chi connectivity index (χ4v) is 3.40. The molecule has 2 atom stereocenters. The molecule has 0 spiro atoms. The van der Waals surface area contributed by atoms with Gasteiger partial charge in [0.15, 0.2) is 6.10 Å². The summed E-state index contributed by atoms with van der Waals surface area (Å²) in [5.74, 6) is 1.59. The first-order valence-electron chi connectivity index (χ1n) is 8.76. The molecule has 3 rings (SSSR count). The lowest BCUT2D eigenvalue weighted by molar-refractivity contribution is -0.138. The van der Waals surface area contributed by atoms with Crippen LogP contribution in [0, 0.1) is 6.92 Å². The highest BCUT2D eigenvalue weighted by atomic mass is 16.5. The summed E-state index contributed by atoms with van der Waals surface area (Å²) in [7, 11) is 1.66. The summed E-state index contributed by atoms with van der Waals surface area (Å²) < 4.78 is 11.2. The summed E-state index contributed by atoms with van der Waals surface area (Å²) in [6.07, 6.45) is 1.47. The van der Waals surface area contributed by atoms with Crippen LogP contribution < -0.4 is 9.47 Å². The van der Waals surface area contributed by atoms with Crippen LogP contribution in [0.1, 0.15) is 36.9 Å². The third-order valence-electron chi connectivity index (χ3n) is 4.66. The van der Waals surface area contributed by atoms with Crippen LogP contribution in [0.2, 0.25) is 0 Å². The lowest BCUT2D eigenvalue weighted by Crippen LogP contribution is -2.40. The molecule has 1 amide bonds. The number of amides is 1. The van der Waals surface area contributed by atoms with Crippen molar-refractivity contribution < 1.29 is 14.3 Å². The first-order chi connectivity index (χ1) is 12.1. The van der Waals surface area contributed by atoms with E-state index in [9.17, 15) is 4.79 Å². The molecule has 2 aromatic carbocycles. The quantitative estimate of drug-likeness (QED) is 0.822. The zero-order valence-corrected chi connectivity index (χ0v) is 15.1. The van der Waals surface area contributed by atoms with Crippen LogP contribution in [-0.2, 0) is 4.79 Å². The molecule has 2 aromatic rings. The number of likely N-dealkylation sites (tertiary alicyclic amines) is 1. The van der Waals surface area contributed by atoms with Crippen LogP contribution in [0.3, 0.4) is 0 Å². The highest BCUT2D eigenvalue weighted by Gasteiger charge is 2.33. The minimum absolute atomic E-state index is 0.0341. The number of nitrogens with zero attached hydrogens (tertiary/aromatic N) is 1. The van der Waals surface area contributed by atoms with Gasteiger partial charge in [0.2, 0.25) is 0 Å². The van der Waals surface area contributed by atoms with Crippen molar-refractivity contribution in [2.24, 2.45) is 0 Å². The molecular weight excluding hydrogens is 314 g/mol. The van der Waals surface area contributed by atoms with Crippen molar-refractivity contribution >= 4 is 5.91 Å². The van der Waals surface area contributed by atoms with Gasteiger partial charge in [0.1, 0.15) is 11.5 Å². The Morgan fingerprint density at radius 3 is 2.68 bits per heavy atom. The summed E-state index contributed by atoms with van der Waals surface area (Å²) in [6.45, 7) is 4.60. The normalized spacial score (nSPS) is 18.0. The summed E-state index contributed by atoms with van der Waals surface area (Å²) in [6, 6.07) is 15.9. The standard InChI is InChI=1S/C21H25NO3/c1-15-7-4-10-19(13-15)25-16(2)21(23)22-12-6-11-20(22)17-8-5-9-18(14-17)24-3/h4-5,7-10,13-14,16,20H,6,11-12H2,1-3H3. The molecule has 4 nitrogen and oxygen atoms in total. The van der Waals surface area contributed by atoms with Gasteiger partial charge in [0, 0.05) is 6.54 Å². The Bertz CT molecular complexity index is 743. The molecule has 4 heteroatoms. The van der Waals surface area contributed by atoms with E-state index in [1.165, 1.54) is 0 Å². The fourth-order valence-electron chi connectivity index (χ4n) is 3.40. The number of methoxy groups -OCH3 is 1. The number of carbonyl (C=O) groups is 1. The molecule has 0 saturated carbocycles. The molecule has 1 fully saturated rings. The summed E-state index contributed by atoms with van der Waals surface area (Å²) in [4.78, 5) is 14.9. The molecule has 0 radical (unpaired) electrons. The minimum atomic E-state index is -0.506. The lowest BCUT2D eigenvalue weighted by Gasteiger charge is -2.28. The molecule has 2 unspecified atom stereocenters. The van der Waals surface area contributed by atoms with Crippen molar-refractivity contribution in [3.05, 3.63) is 59.7 Å². The van der Waals surface area contributed by atoms with Gasteiger partial charge in [-0.25, -0.2) is 0 Å². The van der Waals surface area contributed by atoms with Gasteiger partial charge < -0.3 is 14.4 Å². The Hall–Kier alpha value is -2.49. The molecule has 1 heterocycles. The molecule has 132 valence electrons. The largest absolute Gasteiger partial charge is 0.497 e. The molecule has 0 aliphatic carbocycles. The summed E-state index contributed by atoms with van der Waals surface area (Å²) in [5.41, 5.74) is 2.24. The smallest absolute Gasteiger partial charge is 0.263 e. The summed E-state index contributed by atoms with van der Waals surface area (Å²) >= 11 is 0. The SMILES string of the molecule is COc1cccc(C2CCCN2C(=O)C(C)Oc2cccc(C)c2)c1. The number of hydrogen-bond acceptors (Lipinski definition) is 3. The predicted octanol–water partition coefficient (Wildman–Crippen LogP) is 4.13. The molecule has 0 bridgehead atoms. The van der Waals surface area contributed by atoms with Crippen molar-refractivity contribution in [2.75, 3.05) is 13.7 Å². The van der Waals surface area contributed by atoms with Crippen LogP contribution in [0.5, 0.6) is 11.5 Å². The van der Waals surface area contributed by atoms with Gasteiger partial charge in [-0.1, -0.05) is 24.3 Å². The average molecular weight is 339 g/mol. The van der Waals surface area contributed by atoms with E-state index in [-0.39, 0.29) is 11.9 Å². The van der Waals surface area contributed by atoms with E-state index in [2.05, 4.69) is 6.07 Å².